The molecule has 0 aliphatic heterocycles. The summed E-state index contributed by atoms with van der Waals surface area (Å²) in [4.78, 5) is 8.92. The number of hydrogen-bond acceptors (Lipinski definition) is 6. The van der Waals surface area contributed by atoms with Crippen LogP contribution in [0.3, 0.4) is 0 Å². The van der Waals surface area contributed by atoms with Gasteiger partial charge in [-0.1, -0.05) is 12.1 Å². The van der Waals surface area contributed by atoms with E-state index in [1.54, 1.807) is 6.07 Å². The Labute approximate surface area is 147 Å². The molecular formula is C20H13N3O3. The van der Waals surface area contributed by atoms with Gasteiger partial charge in [0.1, 0.15) is 16.8 Å². The lowest BCUT2D eigenvalue weighted by Gasteiger charge is -1.97. The predicted molar refractivity (Wildman–Crippen MR) is 98.5 cm³/mol. The Balaban J connectivity index is 1.53. The van der Waals surface area contributed by atoms with Gasteiger partial charge < -0.3 is 19.7 Å². The van der Waals surface area contributed by atoms with Gasteiger partial charge in [-0.3, -0.25) is 0 Å². The fourth-order valence-electron chi connectivity index (χ4n) is 2.85. The number of nitrogens with zero attached hydrogens (tertiary/aromatic N) is 2. The van der Waals surface area contributed by atoms with E-state index in [0.717, 1.165) is 22.2 Å². The maximum Gasteiger partial charge on any atom is 0.227 e. The minimum atomic E-state index is -0.0218. The van der Waals surface area contributed by atoms with Crippen molar-refractivity contribution in [1.82, 2.24) is 9.97 Å². The van der Waals surface area contributed by atoms with E-state index in [1.165, 1.54) is 6.07 Å². The molecule has 5 rings (SSSR count). The lowest BCUT2D eigenvalue weighted by Crippen LogP contribution is -1.84. The third kappa shape index (κ3) is 2.28. The van der Waals surface area contributed by atoms with Crippen LogP contribution in [-0.2, 0) is 0 Å². The predicted octanol–water partition coefficient (Wildman–Crippen LogP) is 4.59. The molecule has 3 aromatic carbocycles. The zero-order valence-corrected chi connectivity index (χ0v) is 13.5. The van der Waals surface area contributed by atoms with Crippen LogP contribution in [0, 0.1) is 0 Å². The summed E-state index contributed by atoms with van der Waals surface area (Å²) in [5, 5.41) is 9.69. The number of para-hydroxylation sites is 2. The number of nitrogen functional groups attached to an aromatic ring is 1. The van der Waals surface area contributed by atoms with Crippen LogP contribution in [-0.4, -0.2) is 15.1 Å². The minimum absolute atomic E-state index is 0.0218. The number of aromatic nitrogens is 2. The highest BCUT2D eigenvalue weighted by Gasteiger charge is 2.12. The SMILES string of the molecule is Nc1cc2nc(-c3ccc(-c4nc5ccccc5o4)cc3)oc2cc1O. The third-order valence-corrected chi connectivity index (χ3v) is 4.21. The van der Waals surface area contributed by atoms with E-state index in [2.05, 4.69) is 9.97 Å². The minimum Gasteiger partial charge on any atom is -0.506 e. The van der Waals surface area contributed by atoms with Gasteiger partial charge in [0.15, 0.2) is 11.2 Å². The van der Waals surface area contributed by atoms with Crippen molar-refractivity contribution in [2.24, 2.45) is 0 Å². The smallest absolute Gasteiger partial charge is 0.227 e. The Morgan fingerprint density at radius 3 is 2.04 bits per heavy atom. The quantitative estimate of drug-likeness (QED) is 0.359. The number of aromatic hydroxyl groups is 1. The average molecular weight is 343 g/mol. The number of hydrogen-bond donors (Lipinski definition) is 2. The number of nitrogens with two attached hydrogens (primary N) is 1. The van der Waals surface area contributed by atoms with Gasteiger partial charge in [0.2, 0.25) is 11.8 Å². The Kier molecular flexibility index (Phi) is 2.99. The monoisotopic (exact) mass is 343 g/mol. The van der Waals surface area contributed by atoms with Crippen LogP contribution in [0.2, 0.25) is 0 Å². The topological polar surface area (TPSA) is 98.3 Å². The summed E-state index contributed by atoms with van der Waals surface area (Å²) >= 11 is 0. The summed E-state index contributed by atoms with van der Waals surface area (Å²) < 4.78 is 11.5. The van der Waals surface area contributed by atoms with Gasteiger partial charge in [0.05, 0.1) is 5.69 Å². The Bertz CT molecular complexity index is 1180. The zero-order chi connectivity index (χ0) is 17.7. The normalized spacial score (nSPS) is 11.4. The lowest BCUT2D eigenvalue weighted by molar-refractivity contribution is 0.477. The summed E-state index contributed by atoms with van der Waals surface area (Å²) in [6, 6.07) is 18.3. The Morgan fingerprint density at radius 1 is 0.731 bits per heavy atom. The van der Waals surface area contributed by atoms with Crippen molar-refractivity contribution in [1.29, 1.82) is 0 Å². The van der Waals surface area contributed by atoms with Gasteiger partial charge >= 0.3 is 0 Å². The Hall–Kier alpha value is -3.80. The summed E-state index contributed by atoms with van der Waals surface area (Å²) in [7, 11) is 0. The molecule has 0 radical (unpaired) electrons. The molecule has 5 aromatic rings. The van der Waals surface area contributed by atoms with E-state index in [4.69, 9.17) is 14.6 Å². The van der Waals surface area contributed by atoms with E-state index < -0.39 is 0 Å². The molecule has 2 aromatic heterocycles. The second kappa shape index (κ2) is 5.35. The van der Waals surface area contributed by atoms with Crippen LogP contribution in [0.15, 0.2) is 69.5 Å². The molecule has 0 unspecified atom stereocenters. The molecule has 3 N–H and O–H groups in total. The van der Waals surface area contributed by atoms with E-state index >= 15 is 0 Å². The standard InChI is InChI=1S/C20H13N3O3/c21-13-9-15-18(10-16(13)24)26-20(23-15)12-7-5-11(6-8-12)19-22-14-3-1-2-4-17(14)25-19/h1-10,24H,21H2. The number of phenols is 1. The van der Waals surface area contributed by atoms with Gasteiger partial charge in [-0.2, -0.15) is 0 Å². The van der Waals surface area contributed by atoms with Gasteiger partial charge in [-0.15, -0.1) is 0 Å². The maximum atomic E-state index is 9.69. The van der Waals surface area contributed by atoms with Crippen molar-refractivity contribution in [3.63, 3.8) is 0 Å². The van der Waals surface area contributed by atoms with Gasteiger partial charge in [-0.25, -0.2) is 9.97 Å². The van der Waals surface area contributed by atoms with Gasteiger partial charge in [0.25, 0.3) is 0 Å². The van der Waals surface area contributed by atoms with Crippen molar-refractivity contribution >= 4 is 27.9 Å². The molecule has 0 saturated heterocycles. The second-order valence-electron chi connectivity index (χ2n) is 5.96. The molecule has 0 spiro atoms. The van der Waals surface area contributed by atoms with Crippen LogP contribution in [0.1, 0.15) is 0 Å². The highest BCUT2D eigenvalue weighted by atomic mass is 16.4. The van der Waals surface area contributed by atoms with Crippen LogP contribution in [0.5, 0.6) is 5.75 Å². The number of fused-ring (bicyclic) bond motifs is 2. The average Bonchev–Trinajstić information content (AvgIpc) is 3.26. The van der Waals surface area contributed by atoms with E-state index in [1.807, 2.05) is 48.5 Å². The highest BCUT2D eigenvalue weighted by molar-refractivity contribution is 5.83. The number of phenolic OH excluding ortho intramolecular Hbond substituents is 1. The molecule has 0 aliphatic rings. The first-order valence-electron chi connectivity index (χ1n) is 8.03. The summed E-state index contributed by atoms with van der Waals surface area (Å²) in [5.41, 5.74) is 10.3. The molecule has 26 heavy (non-hydrogen) atoms. The van der Waals surface area contributed by atoms with Crippen LogP contribution in [0.25, 0.3) is 45.1 Å². The molecule has 6 heteroatoms. The Morgan fingerprint density at radius 2 is 1.35 bits per heavy atom. The summed E-state index contributed by atoms with van der Waals surface area (Å²) in [5.74, 6) is 0.994. The number of anilines is 1. The highest BCUT2D eigenvalue weighted by Crippen LogP contribution is 2.31. The first-order valence-corrected chi connectivity index (χ1v) is 8.03. The van der Waals surface area contributed by atoms with Crippen molar-refractivity contribution < 1.29 is 13.9 Å². The first kappa shape index (κ1) is 14.5. The third-order valence-electron chi connectivity index (χ3n) is 4.21. The van der Waals surface area contributed by atoms with Crippen molar-refractivity contribution in [3.05, 3.63) is 60.7 Å². The summed E-state index contributed by atoms with van der Waals surface area (Å²) in [6.07, 6.45) is 0. The maximum absolute atomic E-state index is 9.69. The number of benzene rings is 3. The lowest BCUT2D eigenvalue weighted by atomic mass is 10.1. The molecule has 0 saturated carbocycles. The van der Waals surface area contributed by atoms with Crippen molar-refractivity contribution in [2.45, 2.75) is 0 Å². The molecule has 2 heterocycles. The number of oxazole rings is 2. The molecule has 0 fully saturated rings. The summed E-state index contributed by atoms with van der Waals surface area (Å²) in [6.45, 7) is 0. The molecule has 126 valence electrons. The van der Waals surface area contributed by atoms with Crippen LogP contribution in [0.4, 0.5) is 5.69 Å². The molecule has 6 nitrogen and oxygen atoms in total. The van der Waals surface area contributed by atoms with E-state index in [0.29, 0.717) is 22.9 Å². The van der Waals surface area contributed by atoms with Crippen LogP contribution < -0.4 is 5.73 Å². The number of rotatable bonds is 2. The van der Waals surface area contributed by atoms with E-state index in [-0.39, 0.29) is 11.4 Å². The van der Waals surface area contributed by atoms with Gasteiger partial charge in [0, 0.05) is 17.2 Å². The fourth-order valence-corrected chi connectivity index (χ4v) is 2.85. The molecule has 0 bridgehead atoms. The zero-order valence-electron chi connectivity index (χ0n) is 13.5. The fraction of sp³-hybridized carbons (Fsp3) is 0. The van der Waals surface area contributed by atoms with Crippen LogP contribution >= 0.6 is 0 Å². The molecule has 0 aliphatic carbocycles. The van der Waals surface area contributed by atoms with Gasteiger partial charge in [-0.05, 0) is 42.5 Å². The van der Waals surface area contributed by atoms with Crippen molar-refractivity contribution in [2.75, 3.05) is 5.73 Å². The second-order valence-corrected chi connectivity index (χ2v) is 5.96. The largest absolute Gasteiger partial charge is 0.506 e. The first-order chi connectivity index (χ1) is 12.7. The molecular weight excluding hydrogens is 330 g/mol. The van der Waals surface area contributed by atoms with Crippen molar-refractivity contribution in [3.8, 4) is 28.7 Å². The molecule has 0 atom stereocenters. The molecule has 0 amide bonds. The van der Waals surface area contributed by atoms with E-state index in [9.17, 15) is 5.11 Å².